The minimum atomic E-state index is -1.01. The summed E-state index contributed by atoms with van der Waals surface area (Å²) >= 11 is 6.12. The summed E-state index contributed by atoms with van der Waals surface area (Å²) < 4.78 is 0. The van der Waals surface area contributed by atoms with Gasteiger partial charge in [-0.1, -0.05) is 23.7 Å². The maximum atomic E-state index is 12.4. The molecule has 2 rings (SSSR count). The van der Waals surface area contributed by atoms with Crippen molar-refractivity contribution in [3.63, 3.8) is 0 Å². The van der Waals surface area contributed by atoms with Crippen molar-refractivity contribution in [2.75, 3.05) is 19.6 Å². The van der Waals surface area contributed by atoms with Gasteiger partial charge in [-0.25, -0.2) is 4.79 Å². The van der Waals surface area contributed by atoms with Crippen molar-refractivity contribution in [2.45, 2.75) is 13.0 Å². The van der Waals surface area contributed by atoms with E-state index in [0.717, 1.165) is 5.56 Å². The Balaban J connectivity index is 2.31. The molecule has 1 atom stereocenters. The number of amides is 1. The lowest BCUT2D eigenvalue weighted by atomic mass is 10.1. The molecule has 1 aliphatic rings. The number of hydrogen-bond acceptors (Lipinski definition) is 3. The number of piperazine rings is 1. The summed E-state index contributed by atoms with van der Waals surface area (Å²) in [5.41, 5.74) is 1.16. The zero-order valence-corrected chi connectivity index (χ0v) is 11.3. The first-order valence-corrected chi connectivity index (χ1v) is 6.39. The van der Waals surface area contributed by atoms with Gasteiger partial charge >= 0.3 is 5.97 Å². The number of aliphatic carboxylic acids is 1. The minimum absolute atomic E-state index is 0.254. The van der Waals surface area contributed by atoms with Crippen LogP contribution in [0.15, 0.2) is 18.2 Å². The second-order valence-corrected chi connectivity index (χ2v) is 4.87. The van der Waals surface area contributed by atoms with Gasteiger partial charge in [-0.05, 0) is 18.6 Å². The Morgan fingerprint density at radius 2 is 2.21 bits per heavy atom. The monoisotopic (exact) mass is 282 g/mol. The first-order chi connectivity index (χ1) is 9.02. The number of hydrogen-bond donors (Lipinski definition) is 2. The molecule has 0 aliphatic carbocycles. The van der Waals surface area contributed by atoms with Gasteiger partial charge in [-0.3, -0.25) is 4.79 Å². The molecular weight excluding hydrogens is 268 g/mol. The third-order valence-electron chi connectivity index (χ3n) is 3.21. The van der Waals surface area contributed by atoms with Crippen molar-refractivity contribution in [1.29, 1.82) is 0 Å². The molecule has 102 valence electrons. The summed E-state index contributed by atoms with van der Waals surface area (Å²) in [6.45, 7) is 3.01. The Labute approximate surface area is 116 Å². The first kappa shape index (κ1) is 13.8. The van der Waals surface area contributed by atoms with Crippen LogP contribution in [-0.4, -0.2) is 47.6 Å². The third-order valence-corrected chi connectivity index (χ3v) is 3.71. The zero-order chi connectivity index (χ0) is 14.0. The van der Waals surface area contributed by atoms with Crippen LogP contribution in [-0.2, 0) is 4.79 Å². The fourth-order valence-corrected chi connectivity index (χ4v) is 2.34. The van der Waals surface area contributed by atoms with Gasteiger partial charge < -0.3 is 15.3 Å². The smallest absolute Gasteiger partial charge is 0.327 e. The molecule has 0 spiro atoms. The highest BCUT2D eigenvalue weighted by Gasteiger charge is 2.33. The second-order valence-electron chi connectivity index (χ2n) is 4.49. The van der Waals surface area contributed by atoms with E-state index in [1.807, 2.05) is 13.0 Å². The van der Waals surface area contributed by atoms with Gasteiger partial charge in [-0.2, -0.15) is 0 Å². The highest BCUT2D eigenvalue weighted by Crippen LogP contribution is 2.23. The number of nitrogens with one attached hydrogen (secondary N) is 1. The Hall–Kier alpha value is -1.59. The van der Waals surface area contributed by atoms with Crippen molar-refractivity contribution in [1.82, 2.24) is 10.2 Å². The number of halogens is 1. The van der Waals surface area contributed by atoms with E-state index in [1.54, 1.807) is 12.1 Å². The average molecular weight is 283 g/mol. The van der Waals surface area contributed by atoms with Crippen LogP contribution in [0.1, 0.15) is 15.9 Å². The van der Waals surface area contributed by atoms with Crippen molar-refractivity contribution in [3.05, 3.63) is 34.3 Å². The maximum absolute atomic E-state index is 12.4. The van der Waals surface area contributed by atoms with Gasteiger partial charge in [0.25, 0.3) is 5.91 Å². The molecule has 2 N–H and O–H groups in total. The highest BCUT2D eigenvalue weighted by atomic mass is 35.5. The maximum Gasteiger partial charge on any atom is 0.327 e. The normalized spacial score (nSPS) is 19.3. The predicted octanol–water partition coefficient (Wildman–Crippen LogP) is 1.15. The van der Waals surface area contributed by atoms with E-state index in [9.17, 15) is 9.59 Å². The van der Waals surface area contributed by atoms with Gasteiger partial charge in [0.2, 0.25) is 0 Å². The first-order valence-electron chi connectivity index (χ1n) is 6.02. The molecule has 0 radical (unpaired) electrons. The summed E-state index contributed by atoms with van der Waals surface area (Å²) in [6.07, 6.45) is 0. The van der Waals surface area contributed by atoms with Crippen LogP contribution in [0.4, 0.5) is 0 Å². The number of carbonyl (C=O) groups is 2. The molecule has 6 heteroatoms. The summed E-state index contributed by atoms with van der Waals surface area (Å²) in [5, 5.41) is 12.5. The molecule has 1 aromatic rings. The Morgan fingerprint density at radius 1 is 1.47 bits per heavy atom. The van der Waals surface area contributed by atoms with E-state index in [1.165, 1.54) is 4.90 Å². The fourth-order valence-electron chi connectivity index (χ4n) is 2.14. The molecule has 0 aromatic heterocycles. The summed E-state index contributed by atoms with van der Waals surface area (Å²) in [7, 11) is 0. The standard InChI is InChI=1S/C13H15ClN2O3/c1-8-3-2-4-9(11(8)14)12(17)16-6-5-15-7-10(16)13(18)19/h2-4,10,15H,5-7H2,1H3,(H,18,19). The molecule has 19 heavy (non-hydrogen) atoms. The lowest BCUT2D eigenvalue weighted by molar-refractivity contribution is -0.142. The summed E-state index contributed by atoms with van der Waals surface area (Å²) in [4.78, 5) is 25.0. The number of aryl methyl sites for hydroxylation is 1. The number of carboxylic acids is 1. The third kappa shape index (κ3) is 2.72. The van der Waals surface area contributed by atoms with Crippen molar-refractivity contribution in [3.8, 4) is 0 Å². The predicted molar refractivity (Wildman–Crippen MR) is 71.5 cm³/mol. The molecule has 1 amide bonds. The zero-order valence-electron chi connectivity index (χ0n) is 10.5. The largest absolute Gasteiger partial charge is 0.480 e. The van der Waals surface area contributed by atoms with E-state index >= 15 is 0 Å². The molecule has 1 saturated heterocycles. The van der Waals surface area contributed by atoms with Crippen LogP contribution >= 0.6 is 11.6 Å². The molecule has 0 saturated carbocycles. The van der Waals surface area contributed by atoms with E-state index < -0.39 is 12.0 Å². The van der Waals surface area contributed by atoms with Crippen molar-refractivity contribution >= 4 is 23.5 Å². The molecule has 0 bridgehead atoms. The van der Waals surface area contributed by atoms with E-state index in [2.05, 4.69) is 5.32 Å². The van der Waals surface area contributed by atoms with Crippen LogP contribution in [0.5, 0.6) is 0 Å². The van der Waals surface area contributed by atoms with E-state index in [-0.39, 0.29) is 12.5 Å². The molecule has 1 aliphatic heterocycles. The lowest BCUT2D eigenvalue weighted by Gasteiger charge is -2.33. The lowest BCUT2D eigenvalue weighted by Crippen LogP contribution is -2.57. The Morgan fingerprint density at radius 3 is 2.89 bits per heavy atom. The molecule has 1 unspecified atom stereocenters. The number of benzene rings is 1. The highest BCUT2D eigenvalue weighted by molar-refractivity contribution is 6.34. The molecular formula is C13H15ClN2O3. The van der Waals surface area contributed by atoms with Gasteiger partial charge in [0.15, 0.2) is 0 Å². The van der Waals surface area contributed by atoms with E-state index in [4.69, 9.17) is 16.7 Å². The summed E-state index contributed by atoms with van der Waals surface area (Å²) in [6, 6.07) is 4.33. The van der Waals surface area contributed by atoms with Gasteiger partial charge in [0.1, 0.15) is 6.04 Å². The van der Waals surface area contributed by atoms with Crippen molar-refractivity contribution < 1.29 is 14.7 Å². The van der Waals surface area contributed by atoms with Crippen LogP contribution in [0.3, 0.4) is 0 Å². The van der Waals surface area contributed by atoms with Crippen LogP contribution in [0, 0.1) is 6.92 Å². The molecule has 1 heterocycles. The minimum Gasteiger partial charge on any atom is -0.480 e. The van der Waals surface area contributed by atoms with Gasteiger partial charge in [0, 0.05) is 19.6 Å². The van der Waals surface area contributed by atoms with Gasteiger partial charge in [0.05, 0.1) is 10.6 Å². The summed E-state index contributed by atoms with van der Waals surface area (Å²) in [5.74, 6) is -1.34. The molecule has 1 fully saturated rings. The van der Waals surface area contributed by atoms with Crippen LogP contribution in [0.2, 0.25) is 5.02 Å². The number of carbonyl (C=O) groups excluding carboxylic acids is 1. The second kappa shape index (κ2) is 5.59. The number of nitrogens with zero attached hydrogens (tertiary/aromatic N) is 1. The molecule has 1 aromatic carbocycles. The fraction of sp³-hybridized carbons (Fsp3) is 0.385. The topological polar surface area (TPSA) is 69.6 Å². The number of rotatable bonds is 2. The Kier molecular flexibility index (Phi) is 4.07. The Bertz CT molecular complexity index is 519. The van der Waals surface area contributed by atoms with Crippen molar-refractivity contribution in [2.24, 2.45) is 0 Å². The average Bonchev–Trinajstić information content (AvgIpc) is 2.41. The SMILES string of the molecule is Cc1cccc(C(=O)N2CCNCC2C(=O)O)c1Cl. The quantitative estimate of drug-likeness (QED) is 0.854. The van der Waals surface area contributed by atoms with Crippen LogP contribution in [0.25, 0.3) is 0 Å². The molecule has 5 nitrogen and oxygen atoms in total. The van der Waals surface area contributed by atoms with Crippen LogP contribution < -0.4 is 5.32 Å². The number of carboxylic acid groups (broad SMARTS) is 1. The van der Waals surface area contributed by atoms with E-state index in [0.29, 0.717) is 23.7 Å². The van der Waals surface area contributed by atoms with Gasteiger partial charge in [-0.15, -0.1) is 0 Å².